The second-order valence-electron chi connectivity index (χ2n) is 6.42. The summed E-state index contributed by atoms with van der Waals surface area (Å²) in [4.78, 5) is 8.68. The first-order chi connectivity index (χ1) is 12.9. The molecule has 0 saturated carbocycles. The van der Waals surface area contributed by atoms with Gasteiger partial charge in [0, 0.05) is 34.8 Å². The molecule has 1 aliphatic rings. The zero-order chi connectivity index (χ0) is 17.4. The van der Waals surface area contributed by atoms with Gasteiger partial charge in [0.2, 0.25) is 0 Å². The highest BCUT2D eigenvalue weighted by Gasteiger charge is 2.37. The number of rotatable bonds is 3. The third-order valence-corrected chi connectivity index (χ3v) is 5.68. The Morgan fingerprint density at radius 2 is 2.00 bits per heavy atom. The SMILES string of the molecule is C1=CC(c2ccccc2)(c2ccncn2)Cc2[nH]nc(-c3ccsc3)c21. The van der Waals surface area contributed by atoms with E-state index in [2.05, 4.69) is 73.4 Å². The van der Waals surface area contributed by atoms with E-state index in [1.54, 1.807) is 23.9 Å². The molecule has 0 radical (unpaired) electrons. The highest BCUT2D eigenvalue weighted by atomic mass is 32.1. The summed E-state index contributed by atoms with van der Waals surface area (Å²) in [6.45, 7) is 0. The number of thiophene rings is 1. The van der Waals surface area contributed by atoms with Crippen LogP contribution in [0.4, 0.5) is 0 Å². The van der Waals surface area contributed by atoms with Gasteiger partial charge in [0.05, 0.1) is 11.1 Å². The monoisotopic (exact) mass is 356 g/mol. The molecule has 5 heteroatoms. The number of nitrogens with zero attached hydrogens (tertiary/aromatic N) is 3. The average Bonchev–Trinajstić information content (AvgIpc) is 3.38. The number of hydrogen-bond donors (Lipinski definition) is 1. The van der Waals surface area contributed by atoms with Crippen molar-refractivity contribution in [3.63, 3.8) is 0 Å². The van der Waals surface area contributed by atoms with Crippen LogP contribution < -0.4 is 0 Å². The molecule has 4 nitrogen and oxygen atoms in total. The van der Waals surface area contributed by atoms with Gasteiger partial charge in [-0.05, 0) is 23.1 Å². The van der Waals surface area contributed by atoms with E-state index in [4.69, 9.17) is 0 Å². The zero-order valence-electron chi connectivity index (χ0n) is 14.0. The van der Waals surface area contributed by atoms with Crippen molar-refractivity contribution >= 4 is 17.4 Å². The first-order valence-electron chi connectivity index (χ1n) is 8.48. The van der Waals surface area contributed by atoms with Gasteiger partial charge in [-0.3, -0.25) is 5.10 Å². The van der Waals surface area contributed by atoms with Crippen LogP contribution in [0.3, 0.4) is 0 Å². The molecule has 0 bridgehead atoms. The minimum Gasteiger partial charge on any atom is -0.281 e. The topological polar surface area (TPSA) is 54.5 Å². The first kappa shape index (κ1) is 15.2. The van der Waals surface area contributed by atoms with Gasteiger partial charge >= 0.3 is 0 Å². The number of allylic oxidation sites excluding steroid dienone is 1. The number of nitrogens with one attached hydrogen (secondary N) is 1. The molecule has 5 rings (SSSR count). The molecule has 0 amide bonds. The van der Waals surface area contributed by atoms with Crippen LogP contribution >= 0.6 is 11.3 Å². The molecule has 4 aromatic rings. The molecule has 126 valence electrons. The highest BCUT2D eigenvalue weighted by Crippen LogP contribution is 2.42. The molecule has 3 heterocycles. The molecule has 26 heavy (non-hydrogen) atoms. The van der Waals surface area contributed by atoms with E-state index < -0.39 is 0 Å². The summed E-state index contributed by atoms with van der Waals surface area (Å²) >= 11 is 1.69. The van der Waals surface area contributed by atoms with E-state index in [9.17, 15) is 0 Å². The molecule has 1 aromatic carbocycles. The smallest absolute Gasteiger partial charge is 0.115 e. The highest BCUT2D eigenvalue weighted by molar-refractivity contribution is 7.08. The quantitative estimate of drug-likeness (QED) is 0.589. The lowest BCUT2D eigenvalue weighted by Crippen LogP contribution is -2.31. The van der Waals surface area contributed by atoms with Crippen molar-refractivity contribution < 1.29 is 0 Å². The second-order valence-corrected chi connectivity index (χ2v) is 7.20. The molecule has 0 saturated heterocycles. The minimum absolute atomic E-state index is 0.324. The van der Waals surface area contributed by atoms with Gasteiger partial charge < -0.3 is 0 Å². The third-order valence-electron chi connectivity index (χ3n) is 5.00. The maximum absolute atomic E-state index is 4.59. The molecule has 1 unspecified atom stereocenters. The lowest BCUT2D eigenvalue weighted by molar-refractivity contribution is 0.598. The van der Waals surface area contributed by atoms with E-state index in [1.165, 1.54) is 11.1 Å². The number of benzene rings is 1. The predicted molar refractivity (Wildman–Crippen MR) is 104 cm³/mol. The van der Waals surface area contributed by atoms with Gasteiger partial charge in [-0.15, -0.1) is 0 Å². The number of fused-ring (bicyclic) bond motifs is 1. The molecular formula is C21H16N4S. The molecule has 3 aromatic heterocycles. The van der Waals surface area contributed by atoms with Gasteiger partial charge in [0.25, 0.3) is 0 Å². The van der Waals surface area contributed by atoms with E-state index >= 15 is 0 Å². The summed E-state index contributed by atoms with van der Waals surface area (Å²) in [5, 5.41) is 12.1. The summed E-state index contributed by atoms with van der Waals surface area (Å²) in [5.74, 6) is 0. The second kappa shape index (κ2) is 6.04. The van der Waals surface area contributed by atoms with Crippen molar-refractivity contribution in [1.82, 2.24) is 20.2 Å². The van der Waals surface area contributed by atoms with Crippen molar-refractivity contribution in [2.24, 2.45) is 0 Å². The van der Waals surface area contributed by atoms with Gasteiger partial charge in [-0.1, -0.05) is 42.5 Å². The average molecular weight is 356 g/mol. The molecule has 0 aliphatic heterocycles. The fourth-order valence-corrected chi connectivity index (χ4v) is 4.34. The summed E-state index contributed by atoms with van der Waals surface area (Å²) in [6.07, 6.45) is 8.66. The van der Waals surface area contributed by atoms with Crippen molar-refractivity contribution in [2.75, 3.05) is 0 Å². The van der Waals surface area contributed by atoms with E-state index in [0.717, 1.165) is 29.1 Å². The standard InChI is InChI=1S/C21H16N4S/c1-2-4-16(5-3-1)21(19-7-10-22-14-23-19)9-6-17-18(12-21)24-25-20(17)15-8-11-26-13-15/h1-11,13-14H,12H2,(H,24,25). The van der Waals surface area contributed by atoms with E-state index in [-0.39, 0.29) is 5.41 Å². The van der Waals surface area contributed by atoms with Crippen molar-refractivity contribution in [2.45, 2.75) is 11.8 Å². The molecule has 1 atom stereocenters. The molecule has 1 N–H and O–H groups in total. The Labute approximate surface area is 155 Å². The van der Waals surface area contributed by atoms with Crippen LogP contribution in [0.1, 0.15) is 22.5 Å². The van der Waals surface area contributed by atoms with E-state index in [0.29, 0.717) is 0 Å². The van der Waals surface area contributed by atoms with Crippen LogP contribution in [0.2, 0.25) is 0 Å². The summed E-state index contributed by atoms with van der Waals surface area (Å²) < 4.78 is 0. The summed E-state index contributed by atoms with van der Waals surface area (Å²) in [7, 11) is 0. The van der Waals surface area contributed by atoms with Crippen LogP contribution in [-0.4, -0.2) is 20.2 Å². The van der Waals surface area contributed by atoms with Crippen LogP contribution in [-0.2, 0) is 11.8 Å². The number of aromatic nitrogens is 4. The zero-order valence-corrected chi connectivity index (χ0v) is 14.8. The van der Waals surface area contributed by atoms with Gasteiger partial charge in [-0.25, -0.2) is 9.97 Å². The Bertz CT molecular complexity index is 1010. The van der Waals surface area contributed by atoms with Crippen LogP contribution in [0.15, 0.2) is 71.8 Å². The van der Waals surface area contributed by atoms with Gasteiger partial charge in [0.1, 0.15) is 12.0 Å². The lowest BCUT2D eigenvalue weighted by Gasteiger charge is -2.33. The molecule has 1 aliphatic carbocycles. The van der Waals surface area contributed by atoms with Crippen LogP contribution in [0, 0.1) is 0 Å². The maximum atomic E-state index is 4.59. The number of hydrogen-bond acceptors (Lipinski definition) is 4. The summed E-state index contributed by atoms with van der Waals surface area (Å²) in [5.41, 5.74) is 6.36. The van der Waals surface area contributed by atoms with Crippen molar-refractivity contribution in [1.29, 1.82) is 0 Å². The number of H-pyrrole nitrogens is 1. The van der Waals surface area contributed by atoms with E-state index in [1.807, 2.05) is 12.1 Å². The summed E-state index contributed by atoms with van der Waals surface area (Å²) in [6, 6.07) is 14.6. The molecule has 0 spiro atoms. The van der Waals surface area contributed by atoms with Gasteiger partial charge in [0.15, 0.2) is 0 Å². The normalized spacial score (nSPS) is 18.6. The Morgan fingerprint density at radius 1 is 1.08 bits per heavy atom. The largest absolute Gasteiger partial charge is 0.281 e. The Morgan fingerprint density at radius 3 is 2.77 bits per heavy atom. The maximum Gasteiger partial charge on any atom is 0.115 e. The van der Waals surface area contributed by atoms with Crippen LogP contribution in [0.25, 0.3) is 17.3 Å². The Balaban J connectivity index is 1.67. The van der Waals surface area contributed by atoms with Crippen molar-refractivity contribution in [3.05, 3.63) is 94.3 Å². The molecular weight excluding hydrogens is 340 g/mol. The Kier molecular flexibility index (Phi) is 3.53. The molecule has 0 fully saturated rings. The van der Waals surface area contributed by atoms with Crippen molar-refractivity contribution in [3.8, 4) is 11.3 Å². The predicted octanol–water partition coefficient (Wildman–Crippen LogP) is 4.48. The third kappa shape index (κ3) is 2.32. The number of aromatic amines is 1. The minimum atomic E-state index is -0.324. The fraction of sp³-hybridized carbons (Fsp3) is 0.0952. The fourth-order valence-electron chi connectivity index (χ4n) is 3.70. The Hall–Kier alpha value is -3.05. The lowest BCUT2D eigenvalue weighted by atomic mass is 9.70. The van der Waals surface area contributed by atoms with Gasteiger partial charge in [-0.2, -0.15) is 16.4 Å². The van der Waals surface area contributed by atoms with Crippen LogP contribution in [0.5, 0.6) is 0 Å². The first-order valence-corrected chi connectivity index (χ1v) is 9.42.